The van der Waals surface area contributed by atoms with Gasteiger partial charge in [-0.2, -0.15) is 0 Å². The topological polar surface area (TPSA) is 102 Å². The van der Waals surface area contributed by atoms with Crippen molar-refractivity contribution in [2.24, 2.45) is 0 Å². The Balaban J connectivity index is 1.74. The van der Waals surface area contributed by atoms with E-state index >= 15 is 0 Å². The highest BCUT2D eigenvalue weighted by Crippen LogP contribution is 2.14. The van der Waals surface area contributed by atoms with Crippen molar-refractivity contribution in [2.75, 3.05) is 33.9 Å². The molecular formula is C19H22N2O6S. The van der Waals surface area contributed by atoms with E-state index in [0.717, 1.165) is 4.31 Å². The SMILES string of the molecule is CN(C)S(=O)(=O)c1ccc(C(=O)OCC(=O)NCCOc2ccccc2)cc1. The van der Waals surface area contributed by atoms with Crippen molar-refractivity contribution in [2.45, 2.75) is 4.90 Å². The molecule has 0 bridgehead atoms. The number of hydrogen-bond acceptors (Lipinski definition) is 6. The van der Waals surface area contributed by atoms with Crippen molar-refractivity contribution in [3.63, 3.8) is 0 Å². The number of esters is 1. The van der Waals surface area contributed by atoms with E-state index < -0.39 is 28.5 Å². The zero-order valence-corrected chi connectivity index (χ0v) is 16.4. The third-order valence-corrected chi connectivity index (χ3v) is 5.47. The fourth-order valence-corrected chi connectivity index (χ4v) is 3.02. The molecule has 0 aliphatic carbocycles. The average molecular weight is 406 g/mol. The first-order valence-electron chi connectivity index (χ1n) is 8.45. The third kappa shape index (κ3) is 6.07. The highest BCUT2D eigenvalue weighted by molar-refractivity contribution is 7.89. The summed E-state index contributed by atoms with van der Waals surface area (Å²) >= 11 is 0. The van der Waals surface area contributed by atoms with Crippen LogP contribution in [-0.2, 0) is 19.6 Å². The van der Waals surface area contributed by atoms with Crippen LogP contribution >= 0.6 is 0 Å². The maximum Gasteiger partial charge on any atom is 0.338 e. The first kappa shape index (κ1) is 21.4. The lowest BCUT2D eigenvalue weighted by atomic mass is 10.2. The van der Waals surface area contributed by atoms with Crippen LogP contribution in [0.3, 0.4) is 0 Å². The molecule has 8 nitrogen and oxygen atoms in total. The quantitative estimate of drug-likeness (QED) is 0.497. The van der Waals surface area contributed by atoms with Crippen LogP contribution in [0.1, 0.15) is 10.4 Å². The molecule has 150 valence electrons. The fourth-order valence-electron chi connectivity index (χ4n) is 2.12. The Labute approximate surface area is 164 Å². The van der Waals surface area contributed by atoms with Crippen molar-refractivity contribution >= 4 is 21.9 Å². The number of carbonyl (C=O) groups is 2. The molecule has 0 unspecified atom stereocenters. The summed E-state index contributed by atoms with van der Waals surface area (Å²) < 4.78 is 35.4. The first-order valence-corrected chi connectivity index (χ1v) is 9.89. The lowest BCUT2D eigenvalue weighted by Crippen LogP contribution is -2.32. The molecule has 0 saturated heterocycles. The molecule has 0 radical (unpaired) electrons. The van der Waals surface area contributed by atoms with Crippen LogP contribution in [0.4, 0.5) is 0 Å². The minimum Gasteiger partial charge on any atom is -0.492 e. The summed E-state index contributed by atoms with van der Waals surface area (Å²) in [4.78, 5) is 23.8. The third-order valence-electron chi connectivity index (χ3n) is 3.64. The smallest absolute Gasteiger partial charge is 0.338 e. The Hall–Kier alpha value is -2.91. The van der Waals surface area contributed by atoms with Crippen molar-refractivity contribution in [3.05, 3.63) is 60.2 Å². The van der Waals surface area contributed by atoms with Crippen LogP contribution in [0.25, 0.3) is 0 Å². The van der Waals surface area contributed by atoms with E-state index in [2.05, 4.69) is 5.32 Å². The monoisotopic (exact) mass is 406 g/mol. The molecular weight excluding hydrogens is 384 g/mol. The van der Waals surface area contributed by atoms with Gasteiger partial charge in [0.1, 0.15) is 12.4 Å². The number of ether oxygens (including phenoxy) is 2. The molecule has 2 rings (SSSR count). The first-order chi connectivity index (χ1) is 13.3. The fraction of sp³-hybridized carbons (Fsp3) is 0.263. The van der Waals surface area contributed by atoms with Gasteiger partial charge in [0.25, 0.3) is 5.91 Å². The van der Waals surface area contributed by atoms with Crippen LogP contribution < -0.4 is 10.1 Å². The van der Waals surface area contributed by atoms with Gasteiger partial charge in [0.15, 0.2) is 6.61 Å². The lowest BCUT2D eigenvalue weighted by molar-refractivity contribution is -0.124. The van der Waals surface area contributed by atoms with E-state index in [-0.39, 0.29) is 23.6 Å². The second-order valence-electron chi connectivity index (χ2n) is 5.90. The van der Waals surface area contributed by atoms with Crippen LogP contribution in [0, 0.1) is 0 Å². The van der Waals surface area contributed by atoms with Crippen molar-refractivity contribution < 1.29 is 27.5 Å². The number of amides is 1. The molecule has 9 heteroatoms. The van der Waals surface area contributed by atoms with Gasteiger partial charge in [0.2, 0.25) is 10.0 Å². The molecule has 0 heterocycles. The highest BCUT2D eigenvalue weighted by atomic mass is 32.2. The minimum atomic E-state index is -3.57. The van der Waals surface area contributed by atoms with Gasteiger partial charge in [-0.3, -0.25) is 4.79 Å². The molecule has 0 spiro atoms. The Morgan fingerprint density at radius 1 is 1.00 bits per heavy atom. The standard InChI is InChI=1S/C19H22N2O6S/c1-21(2)28(24,25)17-10-8-15(9-11-17)19(23)27-14-18(22)20-12-13-26-16-6-4-3-5-7-16/h3-11H,12-14H2,1-2H3,(H,20,22). The Bertz CT molecular complexity index is 896. The second kappa shape index (κ2) is 9.86. The van der Waals surface area contributed by atoms with Gasteiger partial charge in [0, 0.05) is 14.1 Å². The lowest BCUT2D eigenvalue weighted by Gasteiger charge is -2.11. The molecule has 2 aromatic rings. The van der Waals surface area contributed by atoms with Crippen molar-refractivity contribution in [3.8, 4) is 5.75 Å². The summed E-state index contributed by atoms with van der Waals surface area (Å²) in [6.45, 7) is 0.107. The summed E-state index contributed by atoms with van der Waals surface area (Å²) in [5, 5.41) is 2.58. The molecule has 0 atom stereocenters. The van der Waals surface area contributed by atoms with Gasteiger partial charge < -0.3 is 14.8 Å². The number of rotatable bonds is 9. The molecule has 0 saturated carbocycles. The van der Waals surface area contributed by atoms with Crippen molar-refractivity contribution in [1.29, 1.82) is 0 Å². The van der Waals surface area contributed by atoms with E-state index in [9.17, 15) is 18.0 Å². The van der Waals surface area contributed by atoms with Gasteiger partial charge in [0.05, 0.1) is 17.0 Å². The largest absolute Gasteiger partial charge is 0.492 e. The number of sulfonamides is 1. The Kier molecular flexibility index (Phi) is 7.53. The van der Waals surface area contributed by atoms with Crippen molar-refractivity contribution in [1.82, 2.24) is 9.62 Å². The second-order valence-corrected chi connectivity index (χ2v) is 8.05. The Morgan fingerprint density at radius 3 is 2.25 bits per heavy atom. The number of carbonyl (C=O) groups excluding carboxylic acids is 2. The summed E-state index contributed by atoms with van der Waals surface area (Å²) in [5.74, 6) is -0.482. The molecule has 2 aromatic carbocycles. The van der Waals surface area contributed by atoms with Crippen LogP contribution in [0.5, 0.6) is 5.75 Å². The zero-order chi connectivity index (χ0) is 20.6. The predicted octanol–water partition coefficient (Wildman–Crippen LogP) is 1.29. The average Bonchev–Trinajstić information content (AvgIpc) is 2.70. The molecule has 1 N–H and O–H groups in total. The molecule has 0 aliphatic heterocycles. The number of para-hydroxylation sites is 1. The van der Waals surface area contributed by atoms with Gasteiger partial charge in [-0.05, 0) is 36.4 Å². The predicted molar refractivity (Wildman–Crippen MR) is 103 cm³/mol. The maximum absolute atomic E-state index is 12.0. The van der Waals surface area contributed by atoms with E-state index in [1.807, 2.05) is 18.2 Å². The van der Waals surface area contributed by atoms with Crippen LogP contribution in [-0.4, -0.2) is 58.5 Å². The molecule has 0 fully saturated rings. The van der Waals surface area contributed by atoms with Crippen LogP contribution in [0.15, 0.2) is 59.5 Å². The van der Waals surface area contributed by atoms with E-state index in [1.165, 1.54) is 38.4 Å². The summed E-state index contributed by atoms with van der Waals surface area (Å²) in [7, 11) is -0.737. The van der Waals surface area contributed by atoms with Gasteiger partial charge in [-0.15, -0.1) is 0 Å². The molecule has 28 heavy (non-hydrogen) atoms. The van der Waals surface area contributed by atoms with Crippen LogP contribution in [0.2, 0.25) is 0 Å². The van der Waals surface area contributed by atoms with E-state index in [1.54, 1.807) is 12.1 Å². The maximum atomic E-state index is 12.0. The number of benzene rings is 2. The molecule has 0 aromatic heterocycles. The van der Waals surface area contributed by atoms with E-state index in [0.29, 0.717) is 5.75 Å². The van der Waals surface area contributed by atoms with E-state index in [4.69, 9.17) is 9.47 Å². The highest BCUT2D eigenvalue weighted by Gasteiger charge is 2.18. The Morgan fingerprint density at radius 2 is 1.64 bits per heavy atom. The zero-order valence-electron chi connectivity index (χ0n) is 15.6. The number of nitrogens with zero attached hydrogens (tertiary/aromatic N) is 1. The van der Waals surface area contributed by atoms with Gasteiger partial charge >= 0.3 is 5.97 Å². The van der Waals surface area contributed by atoms with Gasteiger partial charge in [-0.1, -0.05) is 18.2 Å². The normalized spacial score (nSPS) is 11.1. The number of nitrogens with one attached hydrogen (secondary N) is 1. The summed E-state index contributed by atoms with van der Waals surface area (Å²) in [6, 6.07) is 14.5. The summed E-state index contributed by atoms with van der Waals surface area (Å²) in [5.41, 5.74) is 0.151. The molecule has 0 aliphatic rings. The summed E-state index contributed by atoms with van der Waals surface area (Å²) in [6.07, 6.45) is 0. The number of hydrogen-bond donors (Lipinski definition) is 1. The molecule has 1 amide bonds. The minimum absolute atomic E-state index is 0.0604. The van der Waals surface area contributed by atoms with Gasteiger partial charge in [-0.25, -0.2) is 17.5 Å².